The number of benzene rings is 2. The summed E-state index contributed by atoms with van der Waals surface area (Å²) in [5, 5.41) is 22.2. The van der Waals surface area contributed by atoms with Crippen LogP contribution in [0.15, 0.2) is 81.1 Å². The summed E-state index contributed by atoms with van der Waals surface area (Å²) < 4.78 is 17.6. The third-order valence-electron chi connectivity index (χ3n) is 5.24. The number of nitrogens with zero attached hydrogens (tertiary/aromatic N) is 2. The molecule has 0 spiro atoms. The number of hydrogen-bond acceptors (Lipinski definition) is 8. The molecule has 5 rings (SSSR count). The summed E-state index contributed by atoms with van der Waals surface area (Å²) in [5.74, 6) is -0.239. The quantitative estimate of drug-likeness (QED) is 0.216. The van der Waals surface area contributed by atoms with Gasteiger partial charge in [0, 0.05) is 17.4 Å². The molecule has 0 fully saturated rings. The lowest BCUT2D eigenvalue weighted by atomic mass is 10.1. The van der Waals surface area contributed by atoms with E-state index in [4.69, 9.17) is 0 Å². The van der Waals surface area contributed by atoms with E-state index in [1.807, 2.05) is 87.9 Å². The summed E-state index contributed by atoms with van der Waals surface area (Å²) in [4.78, 5) is 14.8. The summed E-state index contributed by atoms with van der Waals surface area (Å²) >= 11 is 2.86. The Hall–Kier alpha value is -3.34. The van der Waals surface area contributed by atoms with Gasteiger partial charge < -0.3 is 15.1 Å². The molecule has 7 nitrogen and oxygen atoms in total. The highest BCUT2D eigenvalue weighted by Crippen LogP contribution is 2.38. The fourth-order valence-corrected chi connectivity index (χ4v) is 5.86. The zero-order valence-corrected chi connectivity index (χ0v) is 24.5. The van der Waals surface area contributed by atoms with E-state index in [-0.39, 0.29) is 17.9 Å². The predicted octanol–water partition coefficient (Wildman–Crippen LogP) is 7.00. The number of hydrogen-bond donors (Lipinski definition) is 3. The van der Waals surface area contributed by atoms with Crippen molar-refractivity contribution in [2.24, 2.45) is 0 Å². The van der Waals surface area contributed by atoms with Crippen molar-refractivity contribution in [2.75, 3.05) is 16.3 Å². The fraction of sp³-hybridized carbons (Fsp3) is 0.214. The van der Waals surface area contributed by atoms with Gasteiger partial charge in [-0.25, -0.2) is 8.89 Å². The largest absolute Gasteiger partial charge is 0.505 e. The Morgan fingerprint density at radius 1 is 1.08 bits per heavy atom. The van der Waals surface area contributed by atoms with Crippen LogP contribution in [0.4, 0.5) is 11.4 Å². The minimum Gasteiger partial charge on any atom is -0.505 e. The van der Waals surface area contributed by atoms with Crippen molar-refractivity contribution >= 4 is 51.2 Å². The average Bonchev–Trinajstić information content (AvgIpc) is 3.49. The van der Waals surface area contributed by atoms with Crippen LogP contribution in [-0.4, -0.2) is 25.4 Å². The first-order valence-corrected chi connectivity index (χ1v) is 15.6. The van der Waals surface area contributed by atoms with E-state index in [2.05, 4.69) is 15.1 Å². The fourth-order valence-electron chi connectivity index (χ4n) is 3.69. The van der Waals surface area contributed by atoms with Gasteiger partial charge in [-0.2, -0.15) is 5.10 Å². The molecule has 0 bridgehead atoms. The Kier molecular flexibility index (Phi) is 10.8. The molecule has 1 unspecified atom stereocenters. The first kappa shape index (κ1) is 29.2. The molecule has 2 aromatic carbocycles. The number of anilines is 2. The number of aromatic nitrogens is 2. The van der Waals surface area contributed by atoms with Gasteiger partial charge in [0.15, 0.2) is 5.75 Å². The van der Waals surface area contributed by atoms with E-state index < -0.39 is 16.4 Å². The second-order valence-electron chi connectivity index (χ2n) is 7.47. The van der Waals surface area contributed by atoms with Crippen molar-refractivity contribution in [1.82, 2.24) is 9.78 Å². The van der Waals surface area contributed by atoms with Gasteiger partial charge in [0.1, 0.15) is 11.3 Å². The molecular formula is C28H32N4O3S3. The molecule has 1 aliphatic rings. The summed E-state index contributed by atoms with van der Waals surface area (Å²) in [6, 6.07) is 18.7. The van der Waals surface area contributed by atoms with Crippen LogP contribution in [0.25, 0.3) is 16.3 Å². The zero-order valence-electron chi connectivity index (χ0n) is 22.0. The molecule has 2 aromatic heterocycles. The molecule has 0 radical (unpaired) electrons. The van der Waals surface area contributed by atoms with Gasteiger partial charge in [-0.3, -0.25) is 4.79 Å². The van der Waals surface area contributed by atoms with Gasteiger partial charge in [-0.15, -0.1) is 11.3 Å². The van der Waals surface area contributed by atoms with Crippen LogP contribution in [0.1, 0.15) is 38.8 Å². The normalized spacial score (nSPS) is 13.5. The highest BCUT2D eigenvalue weighted by Gasteiger charge is 2.26. The van der Waals surface area contributed by atoms with Crippen molar-refractivity contribution in [2.45, 2.75) is 39.1 Å². The number of aromatic hydroxyl groups is 1. The lowest BCUT2D eigenvalue weighted by molar-refractivity contribution is 0.463. The van der Waals surface area contributed by atoms with Gasteiger partial charge in [-0.1, -0.05) is 76.0 Å². The van der Waals surface area contributed by atoms with Gasteiger partial charge in [0.2, 0.25) is 0 Å². The number of rotatable bonds is 6. The van der Waals surface area contributed by atoms with Crippen LogP contribution in [0, 0.1) is 0 Å². The summed E-state index contributed by atoms with van der Waals surface area (Å²) in [6.07, 6.45) is 1.91. The molecule has 0 aliphatic carbocycles. The highest BCUT2D eigenvalue weighted by molar-refractivity contribution is 7.99. The third-order valence-corrected chi connectivity index (χ3v) is 7.78. The summed E-state index contributed by atoms with van der Waals surface area (Å²) in [6.45, 7) is 8.24. The molecule has 0 amide bonds. The summed E-state index contributed by atoms with van der Waals surface area (Å²) in [7, 11) is -1.51. The maximum atomic E-state index is 13.5. The molecule has 38 heavy (non-hydrogen) atoms. The van der Waals surface area contributed by atoms with Crippen LogP contribution in [-0.2, 0) is 17.3 Å². The SMILES string of the molecule is CC.CC.CSNc1ccc2c(c1)S(=O)C=C(c1c(O)c(-c3cccs3)nn(Cc3ccccc3)c1=O)N2. The van der Waals surface area contributed by atoms with E-state index in [1.165, 1.54) is 33.4 Å². The van der Waals surface area contributed by atoms with E-state index in [9.17, 15) is 14.1 Å². The van der Waals surface area contributed by atoms with E-state index in [1.54, 1.807) is 12.1 Å². The smallest absolute Gasteiger partial charge is 0.280 e. The number of fused-ring (bicyclic) bond motifs is 1. The standard InChI is InChI=1S/C24H20N4O3S3.2C2H6/c1-32-27-16-9-10-17-20(12-16)34(31)14-18(25-17)21-23(29)22(19-8-5-11-33-19)26-28(24(21)30)13-15-6-3-2-4-7-15;2*1-2/h2-12,14,25,27,29H,13H2,1H3;2*1-2H3. The number of nitrogens with one attached hydrogen (secondary N) is 2. The maximum absolute atomic E-state index is 13.5. The highest BCUT2D eigenvalue weighted by atomic mass is 32.2. The minimum atomic E-state index is -1.51. The van der Waals surface area contributed by atoms with E-state index in [0.29, 0.717) is 22.0 Å². The Bertz CT molecular complexity index is 1470. The molecule has 200 valence electrons. The third kappa shape index (κ3) is 6.38. The minimum absolute atomic E-state index is 0.0413. The van der Waals surface area contributed by atoms with Crippen molar-refractivity contribution in [3.05, 3.63) is 92.9 Å². The van der Waals surface area contributed by atoms with Gasteiger partial charge >= 0.3 is 0 Å². The molecule has 4 aromatic rings. The zero-order chi connectivity index (χ0) is 27.7. The van der Waals surface area contributed by atoms with Crippen molar-refractivity contribution in [3.63, 3.8) is 0 Å². The summed E-state index contributed by atoms with van der Waals surface area (Å²) in [5.41, 5.74) is 2.52. The van der Waals surface area contributed by atoms with E-state index >= 15 is 0 Å². The molecule has 0 saturated heterocycles. The Balaban J connectivity index is 0.000000956. The van der Waals surface area contributed by atoms with Crippen LogP contribution in [0.3, 0.4) is 0 Å². The molecule has 0 saturated carbocycles. The first-order valence-electron chi connectivity index (χ1n) is 12.3. The van der Waals surface area contributed by atoms with Gasteiger partial charge in [0.25, 0.3) is 5.56 Å². The Morgan fingerprint density at radius 2 is 1.82 bits per heavy atom. The second-order valence-corrected chi connectivity index (χ2v) is 10.3. The Labute approximate surface area is 234 Å². The lowest BCUT2D eigenvalue weighted by Gasteiger charge is -2.21. The van der Waals surface area contributed by atoms with Crippen LogP contribution >= 0.6 is 23.3 Å². The molecular weight excluding hydrogens is 537 g/mol. The van der Waals surface area contributed by atoms with Gasteiger partial charge in [0.05, 0.1) is 38.5 Å². The van der Waals surface area contributed by atoms with Gasteiger partial charge in [-0.05, 0) is 35.2 Å². The lowest BCUT2D eigenvalue weighted by Crippen LogP contribution is -2.29. The van der Waals surface area contributed by atoms with Crippen LogP contribution < -0.4 is 15.6 Å². The molecule has 10 heteroatoms. The average molecular weight is 569 g/mol. The molecule has 3 N–H and O–H groups in total. The topological polar surface area (TPSA) is 96.2 Å². The van der Waals surface area contributed by atoms with Crippen LogP contribution in [0.5, 0.6) is 5.75 Å². The van der Waals surface area contributed by atoms with Crippen LogP contribution in [0.2, 0.25) is 0 Å². The number of thiophene rings is 1. The molecule has 3 heterocycles. The second kappa shape index (κ2) is 14.0. The monoisotopic (exact) mass is 568 g/mol. The van der Waals surface area contributed by atoms with Crippen molar-refractivity contribution < 1.29 is 9.32 Å². The molecule has 1 aliphatic heterocycles. The molecule has 1 atom stereocenters. The first-order chi connectivity index (χ1) is 18.5. The van der Waals surface area contributed by atoms with Crippen molar-refractivity contribution in [3.8, 4) is 16.3 Å². The maximum Gasteiger partial charge on any atom is 0.280 e. The predicted molar refractivity (Wildman–Crippen MR) is 163 cm³/mol. The Morgan fingerprint density at radius 3 is 2.47 bits per heavy atom. The van der Waals surface area contributed by atoms with Crippen molar-refractivity contribution in [1.29, 1.82) is 0 Å². The van der Waals surface area contributed by atoms with E-state index in [0.717, 1.165) is 16.1 Å².